The predicted octanol–water partition coefficient (Wildman–Crippen LogP) is 0.871. The molecule has 0 heterocycles. The smallest absolute Gasteiger partial charge is 0.152 e. The number of hydrogen-bond acceptors (Lipinski definition) is 5. The molecule has 1 rings (SSSR count). The minimum atomic E-state index is -3.15. The largest absolute Gasteiger partial charge is 0.497 e. The summed E-state index contributed by atoms with van der Waals surface area (Å²) in [5.41, 5.74) is 0. The fourth-order valence-corrected chi connectivity index (χ4v) is 2.42. The summed E-state index contributed by atoms with van der Waals surface area (Å²) in [6.07, 6.45) is 0.411. The first-order valence-corrected chi connectivity index (χ1v) is 7.47. The van der Waals surface area contributed by atoms with Crippen LogP contribution < -0.4 is 9.47 Å². The summed E-state index contributed by atoms with van der Waals surface area (Å²) in [4.78, 5) is 0. The normalized spacial score (nSPS) is 11.2. The second-order valence-electron chi connectivity index (χ2n) is 3.75. The van der Waals surface area contributed by atoms with Crippen molar-refractivity contribution >= 4 is 9.84 Å². The monoisotopic (exact) mass is 274 g/mol. The van der Waals surface area contributed by atoms with Gasteiger partial charge in [0.2, 0.25) is 0 Å². The van der Waals surface area contributed by atoms with Gasteiger partial charge in [-0.2, -0.15) is 0 Å². The Morgan fingerprint density at radius 2 is 1.72 bits per heavy atom. The van der Waals surface area contributed by atoms with E-state index in [1.807, 2.05) is 0 Å². The summed E-state index contributed by atoms with van der Waals surface area (Å²) < 4.78 is 33.0. The molecule has 0 aromatic heterocycles. The van der Waals surface area contributed by atoms with Crippen LogP contribution >= 0.6 is 0 Å². The molecule has 0 amide bonds. The molecule has 1 aromatic carbocycles. The van der Waals surface area contributed by atoms with Crippen molar-refractivity contribution in [2.24, 2.45) is 0 Å². The van der Waals surface area contributed by atoms with Crippen molar-refractivity contribution in [3.05, 3.63) is 24.3 Å². The molecule has 102 valence electrons. The number of rotatable bonds is 8. The van der Waals surface area contributed by atoms with Gasteiger partial charge in [-0.25, -0.2) is 8.42 Å². The molecule has 1 N–H and O–H groups in total. The minimum absolute atomic E-state index is 0.0315. The van der Waals surface area contributed by atoms with Crippen molar-refractivity contribution in [2.45, 2.75) is 6.42 Å². The zero-order chi connectivity index (χ0) is 13.4. The quantitative estimate of drug-likeness (QED) is 0.712. The van der Waals surface area contributed by atoms with Gasteiger partial charge in [0.05, 0.1) is 31.8 Å². The highest BCUT2D eigenvalue weighted by atomic mass is 32.2. The highest BCUT2D eigenvalue weighted by Gasteiger charge is 2.09. The molecule has 1 aromatic rings. The Bertz CT molecular complexity index is 438. The van der Waals surface area contributed by atoms with E-state index >= 15 is 0 Å². The third-order valence-corrected chi connectivity index (χ3v) is 4.05. The topological polar surface area (TPSA) is 72.8 Å². The maximum atomic E-state index is 11.3. The summed E-state index contributed by atoms with van der Waals surface area (Å²) in [6.45, 7) is -0.00133. The molecular weight excluding hydrogens is 256 g/mol. The Labute approximate surface area is 107 Å². The predicted molar refractivity (Wildman–Crippen MR) is 68.8 cm³/mol. The van der Waals surface area contributed by atoms with Crippen LogP contribution in [0.2, 0.25) is 0 Å². The molecule has 18 heavy (non-hydrogen) atoms. The Hall–Kier alpha value is -1.27. The Balaban J connectivity index is 2.29. The van der Waals surface area contributed by atoms with E-state index in [9.17, 15) is 8.42 Å². The van der Waals surface area contributed by atoms with Gasteiger partial charge in [0.25, 0.3) is 0 Å². The number of aliphatic hydroxyl groups excluding tert-OH is 1. The molecule has 0 saturated carbocycles. The van der Waals surface area contributed by atoms with E-state index in [1.54, 1.807) is 31.4 Å². The number of sulfone groups is 1. The number of methoxy groups -OCH3 is 1. The number of benzene rings is 1. The molecule has 0 unspecified atom stereocenters. The summed E-state index contributed by atoms with van der Waals surface area (Å²) in [7, 11) is -1.56. The second-order valence-corrected chi connectivity index (χ2v) is 6.06. The first-order valence-electron chi connectivity index (χ1n) is 5.65. The minimum Gasteiger partial charge on any atom is -0.497 e. The molecule has 0 atom stereocenters. The molecule has 0 fully saturated rings. The van der Waals surface area contributed by atoms with Gasteiger partial charge in [-0.1, -0.05) is 0 Å². The number of ether oxygens (including phenoxy) is 2. The van der Waals surface area contributed by atoms with Gasteiger partial charge in [-0.3, -0.25) is 0 Å². The van der Waals surface area contributed by atoms with Crippen molar-refractivity contribution in [1.82, 2.24) is 0 Å². The summed E-state index contributed by atoms with van der Waals surface area (Å²) in [5, 5.41) is 8.56. The van der Waals surface area contributed by atoms with E-state index in [1.165, 1.54) is 0 Å². The molecule has 0 aliphatic heterocycles. The van der Waals surface area contributed by atoms with Crippen molar-refractivity contribution in [1.29, 1.82) is 0 Å². The van der Waals surface area contributed by atoms with Gasteiger partial charge >= 0.3 is 0 Å². The summed E-state index contributed by atoms with van der Waals surface area (Å²) in [6, 6.07) is 7.08. The molecule has 6 heteroatoms. The van der Waals surface area contributed by atoms with Crippen molar-refractivity contribution < 1.29 is 23.0 Å². The van der Waals surface area contributed by atoms with Gasteiger partial charge in [-0.15, -0.1) is 0 Å². The van der Waals surface area contributed by atoms with Gasteiger partial charge in [0.1, 0.15) is 11.5 Å². The van der Waals surface area contributed by atoms with E-state index in [0.717, 1.165) is 5.75 Å². The fraction of sp³-hybridized carbons (Fsp3) is 0.500. The molecule has 0 spiro atoms. The van der Waals surface area contributed by atoms with Gasteiger partial charge in [0.15, 0.2) is 9.84 Å². The standard InChI is InChI=1S/C12H18O5S/c1-16-11-3-5-12(6-4-11)17-8-2-9-18(14,15)10-7-13/h3-6,13H,2,7-10H2,1H3. The summed E-state index contributed by atoms with van der Waals surface area (Å²) in [5.74, 6) is 1.27. The Kier molecular flexibility index (Phi) is 5.94. The van der Waals surface area contributed by atoms with E-state index in [0.29, 0.717) is 18.8 Å². The summed E-state index contributed by atoms with van der Waals surface area (Å²) >= 11 is 0. The van der Waals surface area contributed by atoms with Crippen LogP contribution in [0.1, 0.15) is 6.42 Å². The van der Waals surface area contributed by atoms with Crippen LogP contribution in [0.3, 0.4) is 0 Å². The Morgan fingerprint density at radius 3 is 2.28 bits per heavy atom. The van der Waals surface area contributed by atoms with Crippen LogP contribution in [0.5, 0.6) is 11.5 Å². The lowest BCUT2D eigenvalue weighted by Gasteiger charge is -2.07. The lowest BCUT2D eigenvalue weighted by Crippen LogP contribution is -2.15. The van der Waals surface area contributed by atoms with E-state index in [-0.39, 0.29) is 18.1 Å². The number of aliphatic hydroxyl groups is 1. The van der Waals surface area contributed by atoms with Crippen molar-refractivity contribution in [3.8, 4) is 11.5 Å². The maximum Gasteiger partial charge on any atom is 0.152 e. The molecule has 0 aliphatic rings. The average Bonchev–Trinajstić information content (AvgIpc) is 2.35. The van der Waals surface area contributed by atoms with E-state index in [4.69, 9.17) is 14.6 Å². The maximum absolute atomic E-state index is 11.3. The van der Waals surface area contributed by atoms with Crippen LogP contribution in [0.4, 0.5) is 0 Å². The fourth-order valence-electron chi connectivity index (χ4n) is 1.38. The van der Waals surface area contributed by atoms with Crippen molar-refractivity contribution in [3.63, 3.8) is 0 Å². The van der Waals surface area contributed by atoms with Crippen LogP contribution in [-0.4, -0.2) is 45.4 Å². The zero-order valence-electron chi connectivity index (χ0n) is 10.3. The van der Waals surface area contributed by atoms with E-state index in [2.05, 4.69) is 0 Å². The number of hydrogen-bond donors (Lipinski definition) is 1. The highest BCUT2D eigenvalue weighted by molar-refractivity contribution is 7.91. The van der Waals surface area contributed by atoms with Crippen LogP contribution in [-0.2, 0) is 9.84 Å². The van der Waals surface area contributed by atoms with Crippen molar-refractivity contribution in [2.75, 3.05) is 31.8 Å². The first-order chi connectivity index (χ1) is 8.57. The SMILES string of the molecule is COc1ccc(OCCCS(=O)(=O)CCO)cc1. The lowest BCUT2D eigenvalue weighted by molar-refractivity contribution is 0.313. The molecular formula is C12H18O5S. The van der Waals surface area contributed by atoms with Crippen LogP contribution in [0, 0.1) is 0 Å². The van der Waals surface area contributed by atoms with Gasteiger partial charge in [-0.05, 0) is 30.7 Å². The third-order valence-electron chi connectivity index (χ3n) is 2.33. The second kappa shape index (κ2) is 7.23. The van der Waals surface area contributed by atoms with Crippen LogP contribution in [0.25, 0.3) is 0 Å². The molecule has 0 saturated heterocycles. The molecule has 0 aliphatic carbocycles. The average molecular weight is 274 g/mol. The highest BCUT2D eigenvalue weighted by Crippen LogP contribution is 2.17. The third kappa shape index (κ3) is 5.37. The first kappa shape index (κ1) is 14.8. The molecule has 5 nitrogen and oxygen atoms in total. The van der Waals surface area contributed by atoms with Crippen LogP contribution in [0.15, 0.2) is 24.3 Å². The molecule has 0 radical (unpaired) electrons. The lowest BCUT2D eigenvalue weighted by atomic mass is 10.3. The van der Waals surface area contributed by atoms with Gasteiger partial charge in [0, 0.05) is 0 Å². The van der Waals surface area contributed by atoms with Gasteiger partial charge < -0.3 is 14.6 Å². The zero-order valence-corrected chi connectivity index (χ0v) is 11.1. The van der Waals surface area contributed by atoms with E-state index < -0.39 is 9.84 Å². The molecule has 0 bridgehead atoms. The Morgan fingerprint density at radius 1 is 1.11 bits per heavy atom.